The van der Waals surface area contributed by atoms with Gasteiger partial charge in [-0.2, -0.15) is 5.26 Å². The number of aromatic nitrogens is 1. The van der Waals surface area contributed by atoms with Crippen molar-refractivity contribution >= 4 is 23.0 Å². The lowest BCUT2D eigenvalue weighted by Gasteiger charge is -2.20. The van der Waals surface area contributed by atoms with Gasteiger partial charge in [0.25, 0.3) is 5.91 Å². The van der Waals surface area contributed by atoms with Gasteiger partial charge in [0.05, 0.1) is 24.4 Å². The van der Waals surface area contributed by atoms with Crippen molar-refractivity contribution in [2.45, 2.75) is 32.4 Å². The number of amides is 1. The summed E-state index contributed by atoms with van der Waals surface area (Å²) in [5, 5.41) is 8.53. The van der Waals surface area contributed by atoms with Crippen molar-refractivity contribution < 1.29 is 18.7 Å². The van der Waals surface area contributed by atoms with Gasteiger partial charge >= 0.3 is 11.7 Å². The summed E-state index contributed by atoms with van der Waals surface area (Å²) in [5.74, 6) is -1.52. The molecule has 0 N–H and O–H groups in total. The fourth-order valence-corrected chi connectivity index (χ4v) is 2.37. The summed E-state index contributed by atoms with van der Waals surface area (Å²) in [6.07, 6.45) is -0.809. The molecule has 0 aliphatic carbocycles. The second-order valence-electron chi connectivity index (χ2n) is 5.54. The lowest BCUT2D eigenvalue weighted by Crippen LogP contribution is -2.38. The summed E-state index contributed by atoms with van der Waals surface area (Å²) in [4.78, 5) is 37.1. The molecule has 2 aromatic rings. The van der Waals surface area contributed by atoms with Gasteiger partial charge in [-0.1, -0.05) is 12.1 Å². The summed E-state index contributed by atoms with van der Waals surface area (Å²) in [5.41, 5.74) is 1.05. The number of carbonyl (C=O) groups is 2. The molecule has 8 heteroatoms. The van der Waals surface area contributed by atoms with E-state index in [9.17, 15) is 14.4 Å². The summed E-state index contributed by atoms with van der Waals surface area (Å²) < 4.78 is 11.5. The molecule has 25 heavy (non-hydrogen) atoms. The Kier molecular flexibility index (Phi) is 5.95. The SMILES string of the molecule is C[C@@H](OC(=O)CCn1c(=O)oc2ccccc21)C(=O)N(C)CCC#N. The van der Waals surface area contributed by atoms with Gasteiger partial charge in [0.15, 0.2) is 11.7 Å². The predicted molar refractivity (Wildman–Crippen MR) is 88.5 cm³/mol. The molecule has 0 spiro atoms. The molecule has 0 bridgehead atoms. The number of hydrogen-bond acceptors (Lipinski definition) is 6. The lowest BCUT2D eigenvalue weighted by atomic mass is 10.3. The minimum absolute atomic E-state index is 0.0665. The van der Waals surface area contributed by atoms with Gasteiger partial charge in [0, 0.05) is 20.1 Å². The number of rotatable bonds is 7. The van der Waals surface area contributed by atoms with Gasteiger partial charge in [-0.15, -0.1) is 0 Å². The van der Waals surface area contributed by atoms with Crippen LogP contribution in [0.3, 0.4) is 0 Å². The first-order chi connectivity index (χ1) is 11.9. The minimum Gasteiger partial charge on any atom is -0.452 e. The maximum atomic E-state index is 12.0. The minimum atomic E-state index is -0.950. The molecule has 0 saturated heterocycles. The van der Waals surface area contributed by atoms with Crippen molar-refractivity contribution in [3.63, 3.8) is 0 Å². The molecule has 0 saturated carbocycles. The van der Waals surface area contributed by atoms with Crippen LogP contribution in [0, 0.1) is 11.3 Å². The number of ether oxygens (including phenoxy) is 1. The molecule has 0 aliphatic rings. The van der Waals surface area contributed by atoms with Gasteiger partial charge in [0.2, 0.25) is 0 Å². The topological polar surface area (TPSA) is 106 Å². The molecule has 0 aliphatic heterocycles. The maximum absolute atomic E-state index is 12.0. The first kappa shape index (κ1) is 18.3. The number of carbonyl (C=O) groups excluding carboxylic acids is 2. The predicted octanol–water partition coefficient (Wildman–Crippen LogP) is 1.29. The summed E-state index contributed by atoms with van der Waals surface area (Å²) in [6.45, 7) is 1.84. The number of oxazole rings is 1. The maximum Gasteiger partial charge on any atom is 0.419 e. The smallest absolute Gasteiger partial charge is 0.419 e. The number of esters is 1. The van der Waals surface area contributed by atoms with Crippen LogP contribution >= 0.6 is 0 Å². The number of para-hydroxylation sites is 2. The Labute approximate surface area is 144 Å². The van der Waals surface area contributed by atoms with E-state index in [1.54, 1.807) is 31.3 Å². The van der Waals surface area contributed by atoms with Gasteiger partial charge in [-0.25, -0.2) is 4.79 Å². The standard InChI is InChI=1S/C17H19N3O5/c1-12(16(22)19(2)10-5-9-18)24-15(21)8-11-20-13-6-3-4-7-14(13)25-17(20)23/h3-4,6-7,12H,5,8,10-11H2,1-2H3/t12-/m1/s1. The summed E-state index contributed by atoms with van der Waals surface area (Å²) in [6, 6.07) is 8.86. The molecule has 0 unspecified atom stereocenters. The Bertz CT molecular complexity index is 861. The van der Waals surface area contributed by atoms with Crippen molar-refractivity contribution in [2.24, 2.45) is 0 Å². The summed E-state index contributed by atoms with van der Waals surface area (Å²) >= 11 is 0. The van der Waals surface area contributed by atoms with E-state index in [2.05, 4.69) is 0 Å². The molecule has 1 atom stereocenters. The largest absolute Gasteiger partial charge is 0.452 e. The van der Waals surface area contributed by atoms with Crippen molar-refractivity contribution in [1.82, 2.24) is 9.47 Å². The van der Waals surface area contributed by atoms with Crippen molar-refractivity contribution in [3.05, 3.63) is 34.8 Å². The Morgan fingerprint density at radius 2 is 2.12 bits per heavy atom. The number of hydrogen-bond donors (Lipinski definition) is 0. The van der Waals surface area contributed by atoms with Crippen molar-refractivity contribution in [1.29, 1.82) is 5.26 Å². The molecule has 0 radical (unpaired) electrons. The number of benzene rings is 1. The van der Waals surface area contributed by atoms with Gasteiger partial charge in [0.1, 0.15) is 0 Å². The second-order valence-corrected chi connectivity index (χ2v) is 5.54. The number of likely N-dealkylation sites (N-methyl/N-ethyl adjacent to an activating group) is 1. The monoisotopic (exact) mass is 345 g/mol. The van der Waals surface area contributed by atoms with E-state index in [4.69, 9.17) is 14.4 Å². The van der Waals surface area contributed by atoms with Crippen LogP contribution in [0.5, 0.6) is 0 Å². The second kappa shape index (κ2) is 8.15. The van der Waals surface area contributed by atoms with Gasteiger partial charge in [-0.3, -0.25) is 14.2 Å². The van der Waals surface area contributed by atoms with E-state index in [0.29, 0.717) is 11.1 Å². The van der Waals surface area contributed by atoms with Crippen molar-refractivity contribution in [3.8, 4) is 6.07 Å². The van der Waals surface area contributed by atoms with Gasteiger partial charge < -0.3 is 14.1 Å². The Balaban J connectivity index is 1.92. The van der Waals surface area contributed by atoms with Crippen LogP contribution in [0.15, 0.2) is 33.5 Å². The normalized spacial score (nSPS) is 11.7. The van der Waals surface area contributed by atoms with E-state index in [1.807, 2.05) is 6.07 Å². The molecule has 1 aromatic heterocycles. The number of nitrogens with zero attached hydrogens (tertiary/aromatic N) is 3. The highest BCUT2D eigenvalue weighted by atomic mass is 16.5. The number of nitriles is 1. The van der Waals surface area contributed by atoms with E-state index in [0.717, 1.165) is 0 Å². The third kappa shape index (κ3) is 4.47. The van der Waals surface area contributed by atoms with Crippen molar-refractivity contribution in [2.75, 3.05) is 13.6 Å². The van der Waals surface area contributed by atoms with E-state index in [-0.39, 0.29) is 31.8 Å². The van der Waals surface area contributed by atoms with Crippen LogP contribution in [0.1, 0.15) is 19.8 Å². The van der Waals surface area contributed by atoms with Crippen LogP contribution in [0.4, 0.5) is 0 Å². The van der Waals surface area contributed by atoms with E-state index in [1.165, 1.54) is 16.4 Å². The average molecular weight is 345 g/mol. The molecule has 2 rings (SSSR count). The third-order valence-corrected chi connectivity index (χ3v) is 3.70. The van der Waals surface area contributed by atoms with E-state index < -0.39 is 17.8 Å². The highest BCUT2D eigenvalue weighted by Gasteiger charge is 2.21. The average Bonchev–Trinajstić information content (AvgIpc) is 2.92. The quantitative estimate of drug-likeness (QED) is 0.700. The summed E-state index contributed by atoms with van der Waals surface area (Å²) in [7, 11) is 1.54. The molecule has 0 fully saturated rings. The fourth-order valence-electron chi connectivity index (χ4n) is 2.37. The zero-order valence-corrected chi connectivity index (χ0v) is 14.1. The molecule has 1 heterocycles. The Hall–Kier alpha value is -3.08. The molecule has 8 nitrogen and oxygen atoms in total. The molecule has 1 aromatic carbocycles. The Morgan fingerprint density at radius 1 is 1.40 bits per heavy atom. The molecular formula is C17H19N3O5. The first-order valence-corrected chi connectivity index (χ1v) is 7.84. The van der Waals surface area contributed by atoms with Crippen LogP contribution in [-0.2, 0) is 20.9 Å². The van der Waals surface area contributed by atoms with Crippen LogP contribution in [0.2, 0.25) is 0 Å². The fraction of sp³-hybridized carbons (Fsp3) is 0.412. The van der Waals surface area contributed by atoms with E-state index >= 15 is 0 Å². The number of fused-ring (bicyclic) bond motifs is 1. The first-order valence-electron chi connectivity index (χ1n) is 7.84. The highest BCUT2D eigenvalue weighted by molar-refractivity contribution is 5.83. The van der Waals surface area contributed by atoms with Crippen LogP contribution < -0.4 is 5.76 Å². The molecular weight excluding hydrogens is 326 g/mol. The van der Waals surface area contributed by atoms with Crippen LogP contribution in [0.25, 0.3) is 11.1 Å². The zero-order chi connectivity index (χ0) is 18.4. The van der Waals surface area contributed by atoms with Gasteiger partial charge in [-0.05, 0) is 19.1 Å². The molecule has 1 amide bonds. The highest BCUT2D eigenvalue weighted by Crippen LogP contribution is 2.12. The zero-order valence-electron chi connectivity index (χ0n) is 14.1. The third-order valence-electron chi connectivity index (χ3n) is 3.70. The number of aryl methyl sites for hydroxylation is 1. The Morgan fingerprint density at radius 3 is 2.84 bits per heavy atom. The molecule has 132 valence electrons. The lowest BCUT2D eigenvalue weighted by molar-refractivity contribution is -0.158. The van der Waals surface area contributed by atoms with Crippen LogP contribution in [-0.4, -0.2) is 41.0 Å².